The van der Waals surface area contributed by atoms with Gasteiger partial charge in [0.2, 0.25) is 0 Å². The van der Waals surface area contributed by atoms with Crippen LogP contribution in [0.2, 0.25) is 5.02 Å². The minimum atomic E-state index is -1.52. The third kappa shape index (κ3) is 3.04. The molecule has 0 heterocycles. The Morgan fingerprint density at radius 1 is 1.00 bits per heavy atom. The number of hydrogen-bond donors (Lipinski definition) is 1. The van der Waals surface area contributed by atoms with Crippen molar-refractivity contribution < 1.29 is 17.6 Å². The van der Waals surface area contributed by atoms with E-state index in [0.717, 1.165) is 18.2 Å². The van der Waals surface area contributed by atoms with Gasteiger partial charge in [0.15, 0.2) is 17.5 Å². The van der Waals surface area contributed by atoms with Gasteiger partial charge in [-0.25, -0.2) is 17.6 Å². The van der Waals surface area contributed by atoms with Crippen LogP contribution < -0.4 is 5.32 Å². The van der Waals surface area contributed by atoms with E-state index in [1.165, 1.54) is 12.1 Å². The summed E-state index contributed by atoms with van der Waals surface area (Å²) in [5.41, 5.74) is 0.618. The Hall–Kier alpha value is -1.75. The zero-order chi connectivity index (χ0) is 14.9. The lowest BCUT2D eigenvalue weighted by Crippen LogP contribution is -2.08. The summed E-state index contributed by atoms with van der Waals surface area (Å²) in [5, 5.41) is 2.96. The molecular formula is C14H10ClF4N. The molecule has 0 fully saturated rings. The molecule has 0 saturated heterocycles. The van der Waals surface area contributed by atoms with E-state index in [0.29, 0.717) is 5.56 Å². The number of rotatable bonds is 3. The van der Waals surface area contributed by atoms with Crippen LogP contribution in [0.1, 0.15) is 18.5 Å². The van der Waals surface area contributed by atoms with Gasteiger partial charge in [0, 0.05) is 28.9 Å². The van der Waals surface area contributed by atoms with Crippen LogP contribution in [-0.2, 0) is 0 Å². The zero-order valence-corrected chi connectivity index (χ0v) is 11.1. The molecule has 0 bridgehead atoms. The maximum Gasteiger partial charge on any atom is 0.194 e. The molecule has 2 aromatic carbocycles. The Labute approximate surface area is 118 Å². The first-order chi connectivity index (χ1) is 9.38. The van der Waals surface area contributed by atoms with Gasteiger partial charge in [-0.15, -0.1) is 0 Å². The van der Waals surface area contributed by atoms with E-state index in [9.17, 15) is 17.6 Å². The van der Waals surface area contributed by atoms with Crippen molar-refractivity contribution in [2.75, 3.05) is 5.32 Å². The minimum absolute atomic E-state index is 0.0642. The van der Waals surface area contributed by atoms with Crippen molar-refractivity contribution in [2.45, 2.75) is 13.0 Å². The molecule has 0 radical (unpaired) electrons. The van der Waals surface area contributed by atoms with Crippen LogP contribution in [0.4, 0.5) is 23.2 Å². The van der Waals surface area contributed by atoms with Crippen molar-refractivity contribution in [1.29, 1.82) is 0 Å². The van der Waals surface area contributed by atoms with Gasteiger partial charge in [0.05, 0.1) is 0 Å². The molecule has 6 heteroatoms. The molecule has 1 atom stereocenters. The SMILES string of the molecule is CC(Nc1cc(F)c(F)c(F)c1)c1ccc(F)cc1Cl. The van der Waals surface area contributed by atoms with Crippen molar-refractivity contribution in [3.05, 3.63) is 64.2 Å². The summed E-state index contributed by atoms with van der Waals surface area (Å²) < 4.78 is 52.0. The van der Waals surface area contributed by atoms with Gasteiger partial charge in [-0.1, -0.05) is 17.7 Å². The average molecular weight is 304 g/mol. The lowest BCUT2D eigenvalue weighted by Gasteiger charge is -2.17. The van der Waals surface area contributed by atoms with Gasteiger partial charge in [-0.2, -0.15) is 0 Å². The Kier molecular flexibility index (Phi) is 4.18. The third-order valence-electron chi connectivity index (χ3n) is 2.80. The number of benzene rings is 2. The maximum absolute atomic E-state index is 13.1. The van der Waals surface area contributed by atoms with Crippen LogP contribution in [0.5, 0.6) is 0 Å². The molecule has 0 aromatic heterocycles. The van der Waals surface area contributed by atoms with Crippen LogP contribution >= 0.6 is 11.6 Å². The van der Waals surface area contributed by atoms with Gasteiger partial charge in [-0.3, -0.25) is 0 Å². The number of nitrogens with one attached hydrogen (secondary N) is 1. The average Bonchev–Trinajstić information content (AvgIpc) is 2.35. The molecule has 20 heavy (non-hydrogen) atoms. The molecule has 0 amide bonds. The van der Waals surface area contributed by atoms with Gasteiger partial charge >= 0.3 is 0 Å². The quantitative estimate of drug-likeness (QED) is 0.616. The molecule has 1 nitrogen and oxygen atoms in total. The molecule has 0 aliphatic heterocycles. The molecular weight excluding hydrogens is 294 g/mol. The number of halogens is 5. The summed E-state index contributed by atoms with van der Waals surface area (Å²) in [6.45, 7) is 1.68. The van der Waals surface area contributed by atoms with Crippen molar-refractivity contribution in [2.24, 2.45) is 0 Å². The number of hydrogen-bond acceptors (Lipinski definition) is 1. The van der Waals surface area contributed by atoms with Crippen molar-refractivity contribution in [3.63, 3.8) is 0 Å². The Morgan fingerprint density at radius 3 is 2.15 bits per heavy atom. The first-order valence-electron chi connectivity index (χ1n) is 5.74. The molecule has 0 saturated carbocycles. The van der Waals surface area contributed by atoms with Crippen LogP contribution in [0.3, 0.4) is 0 Å². The van der Waals surface area contributed by atoms with E-state index in [4.69, 9.17) is 11.6 Å². The van der Waals surface area contributed by atoms with E-state index >= 15 is 0 Å². The van der Waals surface area contributed by atoms with Gasteiger partial charge in [0.1, 0.15) is 5.82 Å². The Morgan fingerprint density at radius 2 is 1.60 bits per heavy atom. The highest BCUT2D eigenvalue weighted by molar-refractivity contribution is 6.31. The topological polar surface area (TPSA) is 12.0 Å². The lowest BCUT2D eigenvalue weighted by atomic mass is 10.1. The first-order valence-corrected chi connectivity index (χ1v) is 6.12. The van der Waals surface area contributed by atoms with E-state index in [2.05, 4.69) is 5.32 Å². The molecule has 0 aliphatic rings. The molecule has 1 unspecified atom stereocenters. The van der Waals surface area contributed by atoms with Crippen LogP contribution in [0.15, 0.2) is 30.3 Å². The fourth-order valence-corrected chi connectivity index (χ4v) is 2.15. The predicted octanol–water partition coefficient (Wildman–Crippen LogP) is 5.07. The lowest BCUT2D eigenvalue weighted by molar-refractivity contribution is 0.447. The van der Waals surface area contributed by atoms with Crippen molar-refractivity contribution in [3.8, 4) is 0 Å². The summed E-state index contributed by atoms with van der Waals surface area (Å²) in [7, 11) is 0. The number of anilines is 1. The summed E-state index contributed by atoms with van der Waals surface area (Å²) in [6.07, 6.45) is 0. The highest BCUT2D eigenvalue weighted by Gasteiger charge is 2.14. The van der Waals surface area contributed by atoms with E-state index < -0.39 is 29.3 Å². The fourth-order valence-electron chi connectivity index (χ4n) is 1.82. The summed E-state index contributed by atoms with van der Waals surface area (Å²) in [4.78, 5) is 0. The fraction of sp³-hybridized carbons (Fsp3) is 0.143. The maximum atomic E-state index is 13.1. The zero-order valence-electron chi connectivity index (χ0n) is 10.4. The summed E-state index contributed by atoms with van der Waals surface area (Å²) >= 11 is 5.89. The van der Waals surface area contributed by atoms with Crippen molar-refractivity contribution in [1.82, 2.24) is 0 Å². The van der Waals surface area contributed by atoms with Crippen molar-refractivity contribution >= 4 is 17.3 Å². The Balaban J connectivity index is 2.25. The molecule has 1 N–H and O–H groups in total. The monoisotopic (exact) mass is 303 g/mol. The van der Waals surface area contributed by atoms with E-state index in [1.54, 1.807) is 6.92 Å². The standard InChI is InChI=1S/C14H10ClF4N/c1-7(10-3-2-8(16)4-11(10)15)20-9-5-12(17)14(19)13(18)6-9/h2-7,20H,1H3. The summed E-state index contributed by atoms with van der Waals surface area (Å²) in [6, 6.07) is 5.07. The van der Waals surface area contributed by atoms with E-state index in [-0.39, 0.29) is 10.7 Å². The van der Waals surface area contributed by atoms with Crippen LogP contribution in [0, 0.1) is 23.3 Å². The van der Waals surface area contributed by atoms with Crippen LogP contribution in [0.25, 0.3) is 0 Å². The second kappa shape index (κ2) is 5.71. The van der Waals surface area contributed by atoms with Gasteiger partial charge in [0.25, 0.3) is 0 Å². The second-order valence-corrected chi connectivity index (χ2v) is 4.69. The van der Waals surface area contributed by atoms with Gasteiger partial charge in [-0.05, 0) is 24.6 Å². The minimum Gasteiger partial charge on any atom is -0.378 e. The molecule has 0 aliphatic carbocycles. The third-order valence-corrected chi connectivity index (χ3v) is 3.12. The van der Waals surface area contributed by atoms with E-state index in [1.807, 2.05) is 0 Å². The molecule has 2 aromatic rings. The second-order valence-electron chi connectivity index (χ2n) is 4.29. The summed E-state index contributed by atoms with van der Waals surface area (Å²) in [5.74, 6) is -4.58. The first kappa shape index (κ1) is 14.7. The highest BCUT2D eigenvalue weighted by Crippen LogP contribution is 2.27. The predicted molar refractivity (Wildman–Crippen MR) is 69.8 cm³/mol. The molecule has 0 spiro atoms. The van der Waals surface area contributed by atoms with Crippen LogP contribution in [-0.4, -0.2) is 0 Å². The Bertz CT molecular complexity index is 622. The molecule has 106 valence electrons. The highest BCUT2D eigenvalue weighted by atomic mass is 35.5. The smallest absolute Gasteiger partial charge is 0.194 e. The van der Waals surface area contributed by atoms with Gasteiger partial charge < -0.3 is 5.32 Å². The normalized spacial score (nSPS) is 12.3. The largest absolute Gasteiger partial charge is 0.378 e. The molecule has 2 rings (SSSR count).